The lowest BCUT2D eigenvalue weighted by Gasteiger charge is -2.12. The van der Waals surface area contributed by atoms with Gasteiger partial charge in [-0.05, 0) is 24.3 Å². The molecule has 0 aliphatic rings. The van der Waals surface area contributed by atoms with Gasteiger partial charge >= 0.3 is 0 Å². The van der Waals surface area contributed by atoms with Gasteiger partial charge in [0.05, 0.1) is 6.20 Å². The number of hydrogen-bond donors (Lipinski definition) is 3. The number of aromatic nitrogens is 2. The van der Waals surface area contributed by atoms with Gasteiger partial charge < -0.3 is 16.0 Å². The first-order valence-corrected chi connectivity index (χ1v) is 5.91. The molecule has 0 radical (unpaired) electrons. The van der Waals surface area contributed by atoms with Gasteiger partial charge in [0.2, 0.25) is 0 Å². The zero-order valence-electron chi connectivity index (χ0n) is 11.0. The van der Waals surface area contributed by atoms with Crippen molar-refractivity contribution >= 4 is 17.4 Å². The van der Waals surface area contributed by atoms with E-state index in [0.717, 1.165) is 11.3 Å². The summed E-state index contributed by atoms with van der Waals surface area (Å²) in [4.78, 5) is 13.9. The molecule has 0 bridgehead atoms. The Balaban J connectivity index is 1.98. The lowest BCUT2D eigenvalue weighted by molar-refractivity contribution is 0.0951. The molecule has 0 saturated carbocycles. The number of nitrogen functional groups attached to an aromatic ring is 1. The fourth-order valence-corrected chi connectivity index (χ4v) is 1.65. The van der Waals surface area contributed by atoms with Crippen LogP contribution in [0.4, 0.5) is 11.5 Å². The molecule has 1 aromatic heterocycles. The summed E-state index contributed by atoms with van der Waals surface area (Å²) in [5, 5.41) is 9.22. The van der Waals surface area contributed by atoms with Gasteiger partial charge in [0, 0.05) is 37.5 Å². The smallest absolute Gasteiger partial charge is 0.251 e. The van der Waals surface area contributed by atoms with Crippen LogP contribution in [-0.4, -0.2) is 30.2 Å². The Hall–Kier alpha value is -2.50. The number of carbonyl (C=O) groups excluding carboxylic acids is 1. The second kappa shape index (κ2) is 5.43. The summed E-state index contributed by atoms with van der Waals surface area (Å²) in [6.07, 6.45) is 1.60. The van der Waals surface area contributed by atoms with Gasteiger partial charge in [-0.2, -0.15) is 5.10 Å². The number of hydrogen-bond acceptors (Lipinski definition) is 4. The number of aromatic amines is 1. The largest absolute Gasteiger partial charge is 0.384 e. The lowest BCUT2D eigenvalue weighted by Crippen LogP contribution is -2.23. The van der Waals surface area contributed by atoms with Gasteiger partial charge in [0.1, 0.15) is 5.82 Å². The van der Waals surface area contributed by atoms with E-state index in [4.69, 9.17) is 5.73 Å². The molecule has 1 heterocycles. The van der Waals surface area contributed by atoms with E-state index in [1.807, 2.05) is 31.1 Å². The molecule has 6 nitrogen and oxygen atoms in total. The van der Waals surface area contributed by atoms with Gasteiger partial charge in [0.15, 0.2) is 0 Å². The number of nitrogens with zero attached hydrogens (tertiary/aromatic N) is 2. The third-order valence-electron chi connectivity index (χ3n) is 2.84. The Morgan fingerprint density at radius 3 is 2.58 bits per heavy atom. The second-order valence-electron chi connectivity index (χ2n) is 4.43. The van der Waals surface area contributed by atoms with E-state index in [2.05, 4.69) is 15.5 Å². The van der Waals surface area contributed by atoms with E-state index in [1.165, 1.54) is 0 Å². The molecule has 1 aromatic carbocycles. The van der Waals surface area contributed by atoms with Crippen molar-refractivity contribution in [2.24, 2.45) is 0 Å². The highest BCUT2D eigenvalue weighted by molar-refractivity contribution is 5.94. The van der Waals surface area contributed by atoms with Crippen LogP contribution in [0.1, 0.15) is 15.9 Å². The molecule has 2 rings (SSSR count). The quantitative estimate of drug-likeness (QED) is 0.764. The number of amides is 1. The molecular formula is C13H17N5O. The Bertz CT molecular complexity index is 559. The zero-order chi connectivity index (χ0) is 13.8. The monoisotopic (exact) mass is 259 g/mol. The van der Waals surface area contributed by atoms with E-state index in [-0.39, 0.29) is 5.91 Å². The predicted octanol–water partition coefficient (Wildman–Crippen LogP) is 0.988. The Kier molecular flexibility index (Phi) is 3.70. The first kappa shape index (κ1) is 12.9. The van der Waals surface area contributed by atoms with Crippen LogP contribution in [0, 0.1) is 0 Å². The Labute approximate surface area is 111 Å². The number of benzene rings is 1. The maximum absolute atomic E-state index is 11.9. The summed E-state index contributed by atoms with van der Waals surface area (Å²) in [6, 6.07) is 7.40. The SMILES string of the molecule is CN(C)c1ccc(C(=O)NCc2cn[nH]c2N)cc1. The highest BCUT2D eigenvalue weighted by Crippen LogP contribution is 2.12. The molecule has 0 saturated heterocycles. The molecule has 0 aliphatic heterocycles. The third kappa shape index (κ3) is 3.04. The van der Waals surface area contributed by atoms with Gasteiger partial charge in [-0.25, -0.2) is 0 Å². The van der Waals surface area contributed by atoms with E-state index in [1.54, 1.807) is 18.3 Å². The zero-order valence-corrected chi connectivity index (χ0v) is 11.0. The van der Waals surface area contributed by atoms with Crippen LogP contribution < -0.4 is 16.0 Å². The minimum absolute atomic E-state index is 0.133. The summed E-state index contributed by atoms with van der Waals surface area (Å²) in [5.41, 5.74) is 8.09. The normalized spacial score (nSPS) is 10.2. The topological polar surface area (TPSA) is 87.0 Å². The van der Waals surface area contributed by atoms with Gasteiger partial charge in [-0.3, -0.25) is 9.89 Å². The predicted molar refractivity (Wildman–Crippen MR) is 74.9 cm³/mol. The average molecular weight is 259 g/mol. The number of rotatable bonds is 4. The molecule has 19 heavy (non-hydrogen) atoms. The Morgan fingerprint density at radius 2 is 2.05 bits per heavy atom. The minimum Gasteiger partial charge on any atom is -0.384 e. The molecule has 100 valence electrons. The molecule has 0 spiro atoms. The van der Waals surface area contributed by atoms with Crippen LogP contribution >= 0.6 is 0 Å². The van der Waals surface area contributed by atoms with E-state index >= 15 is 0 Å². The number of nitrogens with two attached hydrogens (primary N) is 1. The molecular weight excluding hydrogens is 242 g/mol. The van der Waals surface area contributed by atoms with Crippen molar-refractivity contribution in [2.75, 3.05) is 24.7 Å². The van der Waals surface area contributed by atoms with Crippen LogP contribution in [0.2, 0.25) is 0 Å². The number of H-pyrrole nitrogens is 1. The molecule has 0 fully saturated rings. The van der Waals surface area contributed by atoms with Crippen LogP contribution in [-0.2, 0) is 6.54 Å². The van der Waals surface area contributed by atoms with Crippen LogP contribution in [0.25, 0.3) is 0 Å². The van der Waals surface area contributed by atoms with E-state index in [0.29, 0.717) is 17.9 Å². The molecule has 1 amide bonds. The van der Waals surface area contributed by atoms with Crippen molar-refractivity contribution in [1.29, 1.82) is 0 Å². The molecule has 6 heteroatoms. The summed E-state index contributed by atoms with van der Waals surface area (Å²) in [6.45, 7) is 0.358. The van der Waals surface area contributed by atoms with Crippen molar-refractivity contribution in [3.63, 3.8) is 0 Å². The number of anilines is 2. The average Bonchev–Trinajstić information content (AvgIpc) is 2.81. The fraction of sp³-hybridized carbons (Fsp3) is 0.231. The maximum atomic E-state index is 11.9. The van der Waals surface area contributed by atoms with E-state index in [9.17, 15) is 4.79 Å². The van der Waals surface area contributed by atoms with Crippen molar-refractivity contribution in [3.8, 4) is 0 Å². The summed E-state index contributed by atoms with van der Waals surface area (Å²) >= 11 is 0. The van der Waals surface area contributed by atoms with Crippen molar-refractivity contribution in [3.05, 3.63) is 41.6 Å². The van der Waals surface area contributed by atoms with Gasteiger partial charge in [-0.15, -0.1) is 0 Å². The molecule has 0 unspecified atom stereocenters. The van der Waals surface area contributed by atoms with Gasteiger partial charge in [0.25, 0.3) is 5.91 Å². The highest BCUT2D eigenvalue weighted by atomic mass is 16.1. The first-order valence-electron chi connectivity index (χ1n) is 5.91. The first-order chi connectivity index (χ1) is 9.08. The number of nitrogens with one attached hydrogen (secondary N) is 2. The highest BCUT2D eigenvalue weighted by Gasteiger charge is 2.07. The maximum Gasteiger partial charge on any atom is 0.251 e. The standard InChI is InChI=1S/C13H17N5O/c1-18(2)11-5-3-9(4-6-11)13(19)15-7-10-8-16-17-12(10)14/h3-6,8H,7H2,1-2H3,(H,15,19)(H3,14,16,17). The van der Waals surface area contributed by atoms with Gasteiger partial charge in [-0.1, -0.05) is 0 Å². The fourth-order valence-electron chi connectivity index (χ4n) is 1.65. The lowest BCUT2D eigenvalue weighted by atomic mass is 10.2. The van der Waals surface area contributed by atoms with E-state index < -0.39 is 0 Å². The van der Waals surface area contributed by atoms with Crippen molar-refractivity contribution in [2.45, 2.75) is 6.54 Å². The van der Waals surface area contributed by atoms with Crippen LogP contribution in [0.15, 0.2) is 30.5 Å². The molecule has 0 aliphatic carbocycles. The second-order valence-corrected chi connectivity index (χ2v) is 4.43. The molecule has 0 atom stereocenters. The van der Waals surface area contributed by atoms with Crippen LogP contribution in [0.3, 0.4) is 0 Å². The van der Waals surface area contributed by atoms with Crippen molar-refractivity contribution in [1.82, 2.24) is 15.5 Å². The minimum atomic E-state index is -0.133. The molecule has 4 N–H and O–H groups in total. The number of carbonyl (C=O) groups is 1. The third-order valence-corrected chi connectivity index (χ3v) is 2.84. The molecule has 2 aromatic rings. The summed E-state index contributed by atoms with van der Waals surface area (Å²) < 4.78 is 0. The summed E-state index contributed by atoms with van der Waals surface area (Å²) in [5.74, 6) is 0.342. The Morgan fingerprint density at radius 1 is 1.37 bits per heavy atom. The van der Waals surface area contributed by atoms with Crippen LogP contribution in [0.5, 0.6) is 0 Å². The van der Waals surface area contributed by atoms with Crippen molar-refractivity contribution < 1.29 is 4.79 Å². The summed E-state index contributed by atoms with van der Waals surface area (Å²) in [7, 11) is 3.91.